The molecule has 0 spiro atoms. The Morgan fingerprint density at radius 2 is 2.11 bits per heavy atom. The fourth-order valence-electron chi connectivity index (χ4n) is 2.20. The lowest BCUT2D eigenvalue weighted by Gasteiger charge is -2.08. The molecule has 2 aromatic rings. The van der Waals surface area contributed by atoms with Gasteiger partial charge in [-0.05, 0) is 18.4 Å². The molecule has 0 aliphatic rings. The van der Waals surface area contributed by atoms with Crippen molar-refractivity contribution in [3.8, 4) is 0 Å². The van der Waals surface area contributed by atoms with E-state index in [9.17, 15) is 4.39 Å². The van der Waals surface area contributed by atoms with Crippen molar-refractivity contribution in [1.82, 2.24) is 9.55 Å². The molecule has 3 nitrogen and oxygen atoms in total. The number of unbranched alkanes of at least 4 members (excludes halogenated alkanes) is 1. The minimum atomic E-state index is -0.433. The Morgan fingerprint density at radius 1 is 1.37 bits per heavy atom. The number of hydrogen-bond acceptors (Lipinski definition) is 2. The molecule has 2 N–H and O–H groups in total. The van der Waals surface area contributed by atoms with E-state index in [1.54, 1.807) is 0 Å². The molecule has 0 saturated carbocycles. The zero-order valence-electron chi connectivity index (χ0n) is 11.3. The minimum absolute atomic E-state index is 0.0805. The molecule has 0 aliphatic carbocycles. The van der Waals surface area contributed by atoms with Gasteiger partial charge in [0.05, 0.1) is 16.1 Å². The van der Waals surface area contributed by atoms with Crippen molar-refractivity contribution in [2.75, 3.05) is 5.73 Å². The number of nitrogen functional groups attached to an aromatic ring is 1. The van der Waals surface area contributed by atoms with Crippen molar-refractivity contribution in [2.24, 2.45) is 5.92 Å². The van der Waals surface area contributed by atoms with Crippen molar-refractivity contribution >= 4 is 28.6 Å². The SMILES string of the molecule is CC(C)CCCCn1c(N)nc2cc(Cl)c(F)cc21. The van der Waals surface area contributed by atoms with E-state index in [-0.39, 0.29) is 5.02 Å². The summed E-state index contributed by atoms with van der Waals surface area (Å²) in [5.74, 6) is 0.687. The molecule has 0 radical (unpaired) electrons. The van der Waals surface area contributed by atoms with Crippen LogP contribution < -0.4 is 5.73 Å². The van der Waals surface area contributed by atoms with Crippen LogP contribution in [0.2, 0.25) is 5.02 Å². The summed E-state index contributed by atoms with van der Waals surface area (Å²) >= 11 is 5.75. The first kappa shape index (κ1) is 14.1. The third-order valence-electron chi connectivity index (χ3n) is 3.23. The number of fused-ring (bicyclic) bond motifs is 1. The van der Waals surface area contributed by atoms with Gasteiger partial charge in [-0.2, -0.15) is 0 Å². The lowest BCUT2D eigenvalue weighted by Crippen LogP contribution is -2.04. The first-order chi connectivity index (χ1) is 8.99. The van der Waals surface area contributed by atoms with Crippen molar-refractivity contribution < 1.29 is 4.39 Å². The van der Waals surface area contributed by atoms with Gasteiger partial charge in [0, 0.05) is 12.6 Å². The third kappa shape index (κ3) is 3.18. The van der Waals surface area contributed by atoms with Gasteiger partial charge in [0.2, 0.25) is 5.95 Å². The Hall–Kier alpha value is -1.29. The van der Waals surface area contributed by atoms with Gasteiger partial charge in [-0.25, -0.2) is 9.37 Å². The zero-order valence-corrected chi connectivity index (χ0v) is 12.0. The van der Waals surface area contributed by atoms with Gasteiger partial charge in [0.15, 0.2) is 0 Å². The van der Waals surface area contributed by atoms with Crippen LogP contribution in [0.25, 0.3) is 11.0 Å². The van der Waals surface area contributed by atoms with Crippen molar-refractivity contribution in [3.63, 3.8) is 0 Å². The van der Waals surface area contributed by atoms with Crippen LogP contribution in [0.1, 0.15) is 33.1 Å². The molecule has 0 atom stereocenters. The quantitative estimate of drug-likeness (QED) is 0.834. The predicted molar refractivity (Wildman–Crippen MR) is 77.8 cm³/mol. The Labute approximate surface area is 117 Å². The zero-order chi connectivity index (χ0) is 14.0. The second kappa shape index (κ2) is 5.78. The lowest BCUT2D eigenvalue weighted by atomic mass is 10.1. The number of imidazole rings is 1. The number of hydrogen-bond donors (Lipinski definition) is 1. The molecule has 0 aliphatic heterocycles. The highest BCUT2D eigenvalue weighted by molar-refractivity contribution is 6.31. The summed E-state index contributed by atoms with van der Waals surface area (Å²) in [6.07, 6.45) is 3.33. The number of halogens is 2. The molecule has 0 amide bonds. The molecular weight excluding hydrogens is 265 g/mol. The van der Waals surface area contributed by atoms with Crippen LogP contribution in [-0.4, -0.2) is 9.55 Å². The minimum Gasteiger partial charge on any atom is -0.369 e. The topological polar surface area (TPSA) is 43.8 Å². The van der Waals surface area contributed by atoms with Crippen LogP contribution in [0.4, 0.5) is 10.3 Å². The monoisotopic (exact) mass is 283 g/mol. The Bertz CT molecular complexity index is 578. The van der Waals surface area contributed by atoms with E-state index in [0.29, 0.717) is 22.9 Å². The van der Waals surface area contributed by atoms with E-state index in [1.807, 2.05) is 4.57 Å². The third-order valence-corrected chi connectivity index (χ3v) is 3.52. The fraction of sp³-hybridized carbons (Fsp3) is 0.500. The van der Waals surface area contributed by atoms with Gasteiger partial charge in [-0.1, -0.05) is 38.3 Å². The highest BCUT2D eigenvalue weighted by Crippen LogP contribution is 2.25. The van der Waals surface area contributed by atoms with E-state index in [4.69, 9.17) is 17.3 Å². The molecule has 0 fully saturated rings. The maximum atomic E-state index is 13.5. The molecule has 0 unspecified atom stereocenters. The van der Waals surface area contributed by atoms with E-state index in [1.165, 1.54) is 18.6 Å². The lowest BCUT2D eigenvalue weighted by molar-refractivity contribution is 0.514. The molecule has 104 valence electrons. The number of rotatable bonds is 5. The van der Waals surface area contributed by atoms with Crippen LogP contribution in [0.3, 0.4) is 0 Å². The van der Waals surface area contributed by atoms with Crippen molar-refractivity contribution in [1.29, 1.82) is 0 Å². The maximum Gasteiger partial charge on any atom is 0.201 e. The Morgan fingerprint density at radius 3 is 2.79 bits per heavy atom. The molecule has 0 saturated heterocycles. The highest BCUT2D eigenvalue weighted by atomic mass is 35.5. The second-order valence-corrected chi connectivity index (χ2v) is 5.67. The summed E-state index contributed by atoms with van der Waals surface area (Å²) in [6.45, 7) is 5.17. The number of benzene rings is 1. The van der Waals surface area contributed by atoms with Crippen LogP contribution >= 0.6 is 11.6 Å². The maximum absolute atomic E-state index is 13.5. The number of aromatic nitrogens is 2. The summed E-state index contributed by atoms with van der Waals surface area (Å²) in [4.78, 5) is 4.22. The molecule has 1 aromatic carbocycles. The average Bonchev–Trinajstić information content (AvgIpc) is 2.61. The van der Waals surface area contributed by atoms with E-state index in [0.717, 1.165) is 19.4 Å². The van der Waals surface area contributed by atoms with Gasteiger partial charge in [0.1, 0.15) is 5.82 Å². The number of nitrogens with two attached hydrogens (primary N) is 1. The summed E-state index contributed by atoms with van der Waals surface area (Å²) in [6, 6.07) is 2.93. The van der Waals surface area contributed by atoms with Gasteiger partial charge in [0.25, 0.3) is 0 Å². The first-order valence-electron chi connectivity index (χ1n) is 6.59. The average molecular weight is 284 g/mol. The molecule has 19 heavy (non-hydrogen) atoms. The molecule has 2 rings (SSSR count). The summed E-state index contributed by atoms with van der Waals surface area (Å²) in [7, 11) is 0. The van der Waals surface area contributed by atoms with Crippen molar-refractivity contribution in [2.45, 2.75) is 39.7 Å². The van der Waals surface area contributed by atoms with Crippen LogP contribution in [0, 0.1) is 11.7 Å². The van der Waals surface area contributed by atoms with E-state index >= 15 is 0 Å². The first-order valence-corrected chi connectivity index (χ1v) is 6.97. The van der Waals surface area contributed by atoms with Gasteiger partial charge < -0.3 is 10.3 Å². The predicted octanol–water partition coefficient (Wildman–Crippen LogP) is 4.24. The van der Waals surface area contributed by atoms with Crippen LogP contribution in [0.5, 0.6) is 0 Å². The second-order valence-electron chi connectivity index (χ2n) is 5.27. The molecule has 0 bridgehead atoms. The van der Waals surface area contributed by atoms with Gasteiger partial charge >= 0.3 is 0 Å². The van der Waals surface area contributed by atoms with E-state index in [2.05, 4.69) is 18.8 Å². The summed E-state index contributed by atoms with van der Waals surface area (Å²) in [5, 5.41) is 0.0805. The molecule has 1 heterocycles. The normalized spacial score (nSPS) is 11.6. The molecule has 5 heteroatoms. The number of nitrogens with zero attached hydrogens (tertiary/aromatic N) is 2. The van der Waals surface area contributed by atoms with Gasteiger partial charge in [-0.15, -0.1) is 0 Å². The summed E-state index contributed by atoms with van der Waals surface area (Å²) < 4.78 is 15.4. The smallest absolute Gasteiger partial charge is 0.201 e. The number of aryl methyl sites for hydroxylation is 1. The fourth-order valence-corrected chi connectivity index (χ4v) is 2.35. The van der Waals surface area contributed by atoms with E-state index < -0.39 is 5.82 Å². The highest BCUT2D eigenvalue weighted by Gasteiger charge is 2.11. The molecule has 1 aromatic heterocycles. The largest absolute Gasteiger partial charge is 0.369 e. The molecular formula is C14H19ClFN3. The Kier molecular flexibility index (Phi) is 4.30. The van der Waals surface area contributed by atoms with Crippen LogP contribution in [0.15, 0.2) is 12.1 Å². The summed E-state index contributed by atoms with van der Waals surface area (Å²) in [5.41, 5.74) is 7.24. The standard InChI is InChI=1S/C14H19ClFN3/c1-9(2)5-3-4-6-19-13-8-11(16)10(15)7-12(13)18-14(19)17/h7-9H,3-6H2,1-2H3,(H2,17,18). The van der Waals surface area contributed by atoms with Crippen LogP contribution in [-0.2, 0) is 6.54 Å². The Balaban J connectivity index is 2.18. The van der Waals surface area contributed by atoms with Crippen molar-refractivity contribution in [3.05, 3.63) is 23.0 Å². The van der Waals surface area contributed by atoms with Gasteiger partial charge in [-0.3, -0.25) is 0 Å². The number of anilines is 1.